The van der Waals surface area contributed by atoms with Crippen LogP contribution in [0.1, 0.15) is 24.6 Å². The van der Waals surface area contributed by atoms with Gasteiger partial charge in [-0.15, -0.1) is 0 Å². The van der Waals surface area contributed by atoms with Gasteiger partial charge in [0.05, 0.1) is 18.3 Å². The third-order valence-corrected chi connectivity index (χ3v) is 4.22. The summed E-state index contributed by atoms with van der Waals surface area (Å²) in [5, 5.41) is 13.0. The lowest BCUT2D eigenvalue weighted by molar-refractivity contribution is 0.188. The number of rotatable bonds is 6. The Morgan fingerprint density at radius 1 is 1.35 bits per heavy atom. The maximum atomic E-state index is 9.75. The lowest BCUT2D eigenvalue weighted by Crippen LogP contribution is -2.40. The number of guanidine groups is 1. The second-order valence-electron chi connectivity index (χ2n) is 6.32. The highest BCUT2D eigenvalue weighted by atomic mass is 16.5. The summed E-state index contributed by atoms with van der Waals surface area (Å²) >= 11 is 0. The first-order valence-corrected chi connectivity index (χ1v) is 9.07. The van der Waals surface area contributed by atoms with Gasteiger partial charge in [-0.05, 0) is 43.2 Å². The molecule has 0 radical (unpaired) electrons. The Labute approximate surface area is 154 Å². The number of hydrogen-bond donors (Lipinski definition) is 2. The zero-order chi connectivity index (χ0) is 18.2. The van der Waals surface area contributed by atoms with Gasteiger partial charge in [0.2, 0.25) is 0 Å². The van der Waals surface area contributed by atoms with Crippen LogP contribution in [0.5, 0.6) is 5.75 Å². The molecule has 0 bridgehead atoms. The topological polar surface area (TPSA) is 70.0 Å². The largest absolute Gasteiger partial charge is 0.487 e. The highest BCUT2D eigenvalue weighted by Crippen LogP contribution is 2.16. The number of nitrogens with one attached hydrogen (secondary N) is 1. The Morgan fingerprint density at radius 2 is 2.27 bits per heavy atom. The van der Waals surface area contributed by atoms with Crippen LogP contribution in [-0.2, 0) is 13.2 Å². The van der Waals surface area contributed by atoms with Crippen LogP contribution in [0, 0.1) is 0 Å². The highest BCUT2D eigenvalue weighted by Gasteiger charge is 2.22. The third kappa shape index (κ3) is 5.20. The second-order valence-corrected chi connectivity index (χ2v) is 6.32. The number of aromatic nitrogens is 1. The van der Waals surface area contributed by atoms with E-state index in [9.17, 15) is 5.11 Å². The van der Waals surface area contributed by atoms with Crippen LogP contribution in [0.15, 0.2) is 53.7 Å². The summed E-state index contributed by atoms with van der Waals surface area (Å²) in [5.74, 6) is 1.66. The summed E-state index contributed by atoms with van der Waals surface area (Å²) in [5.41, 5.74) is 1.98. The average molecular weight is 354 g/mol. The molecule has 1 aliphatic rings. The minimum atomic E-state index is -0.262. The van der Waals surface area contributed by atoms with Crippen LogP contribution in [0.4, 0.5) is 0 Å². The number of aliphatic hydroxyl groups excluding tert-OH is 1. The van der Waals surface area contributed by atoms with Crippen molar-refractivity contribution in [2.75, 3.05) is 19.6 Å². The van der Waals surface area contributed by atoms with Gasteiger partial charge in [0.1, 0.15) is 12.4 Å². The smallest absolute Gasteiger partial charge is 0.194 e. The molecule has 0 unspecified atom stereocenters. The van der Waals surface area contributed by atoms with E-state index in [2.05, 4.69) is 15.2 Å². The molecule has 6 nitrogen and oxygen atoms in total. The number of aliphatic imine (C=N–C) groups is 1. The van der Waals surface area contributed by atoms with E-state index in [1.165, 1.54) is 0 Å². The quantitative estimate of drug-likeness (QED) is 0.615. The van der Waals surface area contributed by atoms with E-state index in [0.29, 0.717) is 19.7 Å². The van der Waals surface area contributed by atoms with Crippen LogP contribution in [0.3, 0.4) is 0 Å². The van der Waals surface area contributed by atoms with Crippen molar-refractivity contribution >= 4 is 5.96 Å². The Morgan fingerprint density at radius 3 is 3.00 bits per heavy atom. The average Bonchev–Trinajstić information content (AvgIpc) is 3.11. The lowest BCUT2D eigenvalue weighted by atomic mass is 10.2. The predicted molar refractivity (Wildman–Crippen MR) is 102 cm³/mol. The minimum Gasteiger partial charge on any atom is -0.487 e. The highest BCUT2D eigenvalue weighted by molar-refractivity contribution is 5.80. The summed E-state index contributed by atoms with van der Waals surface area (Å²) in [6.07, 6.45) is 2.30. The maximum absolute atomic E-state index is 9.75. The molecule has 1 atom stereocenters. The van der Waals surface area contributed by atoms with Crippen molar-refractivity contribution in [2.24, 2.45) is 4.99 Å². The number of hydrogen-bond acceptors (Lipinski definition) is 4. The fraction of sp³-hybridized carbons (Fsp3) is 0.400. The standard InChI is InChI=1S/C20H26N4O2/c1-2-21-20(24-11-9-18(25)14-24)23-13-16-6-5-8-19(12-16)26-15-17-7-3-4-10-22-17/h3-8,10,12,18,25H,2,9,11,13-15H2,1H3,(H,21,23)/t18-/m1/s1. The molecular weight excluding hydrogens is 328 g/mol. The van der Waals surface area contributed by atoms with E-state index in [4.69, 9.17) is 9.73 Å². The molecule has 1 aromatic heterocycles. The molecule has 3 rings (SSSR count). The van der Waals surface area contributed by atoms with Crippen molar-refractivity contribution in [2.45, 2.75) is 32.6 Å². The molecule has 1 saturated heterocycles. The fourth-order valence-corrected chi connectivity index (χ4v) is 2.90. The molecular formula is C20H26N4O2. The van der Waals surface area contributed by atoms with Gasteiger partial charge in [0.15, 0.2) is 5.96 Å². The molecule has 0 aliphatic carbocycles. The van der Waals surface area contributed by atoms with Crippen molar-refractivity contribution in [1.82, 2.24) is 15.2 Å². The molecule has 2 aromatic rings. The molecule has 6 heteroatoms. The maximum Gasteiger partial charge on any atom is 0.194 e. The third-order valence-electron chi connectivity index (χ3n) is 4.22. The summed E-state index contributed by atoms with van der Waals surface area (Å²) in [4.78, 5) is 11.1. The molecule has 138 valence electrons. The van der Waals surface area contributed by atoms with Gasteiger partial charge in [-0.3, -0.25) is 4.98 Å². The monoisotopic (exact) mass is 354 g/mol. The number of ether oxygens (including phenoxy) is 1. The Balaban J connectivity index is 1.61. The number of nitrogens with zero attached hydrogens (tertiary/aromatic N) is 3. The van der Waals surface area contributed by atoms with Crippen LogP contribution >= 0.6 is 0 Å². The zero-order valence-corrected chi connectivity index (χ0v) is 15.1. The molecule has 0 spiro atoms. The SMILES string of the molecule is CCNC(=NCc1cccc(OCc2ccccn2)c1)N1CC[C@@H](O)C1. The van der Waals surface area contributed by atoms with E-state index in [1.54, 1.807) is 6.20 Å². The summed E-state index contributed by atoms with van der Waals surface area (Å²) in [7, 11) is 0. The Hall–Kier alpha value is -2.60. The number of benzene rings is 1. The van der Waals surface area contributed by atoms with Gasteiger partial charge in [0.25, 0.3) is 0 Å². The van der Waals surface area contributed by atoms with E-state index >= 15 is 0 Å². The van der Waals surface area contributed by atoms with E-state index in [-0.39, 0.29) is 6.10 Å². The van der Waals surface area contributed by atoms with Crippen molar-refractivity contribution in [3.05, 3.63) is 59.9 Å². The molecule has 0 amide bonds. The van der Waals surface area contributed by atoms with Gasteiger partial charge in [-0.1, -0.05) is 18.2 Å². The molecule has 1 fully saturated rings. The van der Waals surface area contributed by atoms with E-state index in [0.717, 1.165) is 42.5 Å². The molecule has 1 aliphatic heterocycles. The second kappa shape index (κ2) is 9.20. The number of aliphatic hydroxyl groups is 1. The Kier molecular flexibility index (Phi) is 6.44. The first kappa shape index (κ1) is 18.2. The van der Waals surface area contributed by atoms with Crippen molar-refractivity contribution in [3.8, 4) is 5.75 Å². The summed E-state index contributed by atoms with van der Waals surface area (Å²) < 4.78 is 5.83. The van der Waals surface area contributed by atoms with Crippen molar-refractivity contribution in [3.63, 3.8) is 0 Å². The minimum absolute atomic E-state index is 0.262. The van der Waals surface area contributed by atoms with Crippen LogP contribution in [0.25, 0.3) is 0 Å². The number of β-amino-alcohol motifs (C(OH)–C–C–N with tert-alkyl or cyclic N) is 1. The summed E-state index contributed by atoms with van der Waals surface area (Å²) in [6.45, 7) is 5.34. The van der Waals surface area contributed by atoms with Gasteiger partial charge < -0.3 is 20.1 Å². The molecule has 2 N–H and O–H groups in total. The van der Waals surface area contributed by atoms with Crippen molar-refractivity contribution < 1.29 is 9.84 Å². The van der Waals surface area contributed by atoms with Crippen molar-refractivity contribution in [1.29, 1.82) is 0 Å². The molecule has 1 aromatic carbocycles. The fourth-order valence-electron chi connectivity index (χ4n) is 2.90. The van der Waals surface area contributed by atoms with Gasteiger partial charge in [0, 0.05) is 25.8 Å². The number of pyridine rings is 1. The van der Waals surface area contributed by atoms with E-state index in [1.807, 2.05) is 49.4 Å². The first-order valence-electron chi connectivity index (χ1n) is 9.07. The van der Waals surface area contributed by atoms with Gasteiger partial charge >= 0.3 is 0 Å². The summed E-state index contributed by atoms with van der Waals surface area (Å²) in [6, 6.07) is 13.8. The van der Waals surface area contributed by atoms with Gasteiger partial charge in [-0.2, -0.15) is 0 Å². The zero-order valence-electron chi connectivity index (χ0n) is 15.1. The lowest BCUT2D eigenvalue weighted by Gasteiger charge is -2.21. The molecule has 2 heterocycles. The van der Waals surface area contributed by atoms with Gasteiger partial charge in [-0.25, -0.2) is 4.99 Å². The molecule has 26 heavy (non-hydrogen) atoms. The predicted octanol–water partition coefficient (Wildman–Crippen LogP) is 2.19. The van der Waals surface area contributed by atoms with Crippen LogP contribution in [-0.4, -0.2) is 46.7 Å². The first-order chi connectivity index (χ1) is 12.7. The van der Waals surface area contributed by atoms with Crippen LogP contribution < -0.4 is 10.1 Å². The number of likely N-dealkylation sites (tertiary alicyclic amines) is 1. The Bertz CT molecular complexity index is 721. The molecule has 0 saturated carbocycles. The van der Waals surface area contributed by atoms with E-state index < -0.39 is 0 Å². The normalized spacial score (nSPS) is 17.4. The van der Waals surface area contributed by atoms with Crippen LogP contribution in [0.2, 0.25) is 0 Å².